The summed E-state index contributed by atoms with van der Waals surface area (Å²) in [5, 5.41) is 0.00376. The van der Waals surface area contributed by atoms with Gasteiger partial charge in [0, 0.05) is 23.5 Å². The lowest BCUT2D eigenvalue weighted by Crippen LogP contribution is -2.16. The molecule has 1 aromatic heterocycles. The number of halogens is 2. The normalized spacial score (nSPS) is 10.5. The fourth-order valence-electron chi connectivity index (χ4n) is 1.86. The van der Waals surface area contributed by atoms with Gasteiger partial charge in [-0.2, -0.15) is 0 Å². The molecular formula is C14H11Cl2NO2. The van der Waals surface area contributed by atoms with Gasteiger partial charge in [-0.05, 0) is 30.7 Å². The zero-order chi connectivity index (χ0) is 14.0. The van der Waals surface area contributed by atoms with Crippen LogP contribution in [0, 0.1) is 6.92 Å². The van der Waals surface area contributed by atoms with E-state index in [2.05, 4.69) is 0 Å². The van der Waals surface area contributed by atoms with Crippen molar-refractivity contribution in [2.75, 3.05) is 0 Å². The third-order valence-electron chi connectivity index (χ3n) is 2.76. The highest BCUT2D eigenvalue weighted by atomic mass is 35.5. The lowest BCUT2D eigenvalue weighted by molar-refractivity contribution is -0.111. The topological polar surface area (TPSA) is 39.1 Å². The third kappa shape index (κ3) is 3.06. The minimum absolute atomic E-state index is 0.0921. The highest BCUT2D eigenvalue weighted by Crippen LogP contribution is 2.21. The van der Waals surface area contributed by atoms with E-state index in [1.54, 1.807) is 23.8 Å². The van der Waals surface area contributed by atoms with Crippen LogP contribution < -0.4 is 5.43 Å². The predicted molar refractivity (Wildman–Crippen MR) is 76.4 cm³/mol. The summed E-state index contributed by atoms with van der Waals surface area (Å²) in [6, 6.07) is 8.75. The van der Waals surface area contributed by atoms with Crippen LogP contribution >= 0.6 is 23.2 Å². The smallest absolute Gasteiger partial charge is 0.226 e. The lowest BCUT2D eigenvalue weighted by atomic mass is 10.2. The van der Waals surface area contributed by atoms with Crippen molar-refractivity contribution in [2.45, 2.75) is 13.3 Å². The molecule has 0 fully saturated rings. The second-order valence-corrected chi connectivity index (χ2v) is 4.99. The van der Waals surface area contributed by atoms with Gasteiger partial charge in [-0.1, -0.05) is 23.7 Å². The van der Waals surface area contributed by atoms with Gasteiger partial charge in [0.1, 0.15) is 0 Å². The molecule has 0 saturated carbocycles. The van der Waals surface area contributed by atoms with Crippen LogP contribution in [0.25, 0.3) is 5.69 Å². The Balaban J connectivity index is 2.61. The number of rotatable bonds is 3. The first-order valence-electron chi connectivity index (χ1n) is 5.64. The lowest BCUT2D eigenvalue weighted by Gasteiger charge is -2.13. The number of hydrogen-bond acceptors (Lipinski definition) is 2. The molecule has 1 heterocycles. The Bertz CT molecular complexity index is 692. The summed E-state index contributed by atoms with van der Waals surface area (Å²) in [7, 11) is 0. The number of aromatic nitrogens is 1. The highest BCUT2D eigenvalue weighted by Gasteiger charge is 2.10. The summed E-state index contributed by atoms with van der Waals surface area (Å²) in [6.07, 6.45) is 1.52. The van der Waals surface area contributed by atoms with Crippen LogP contribution in [0.4, 0.5) is 0 Å². The van der Waals surface area contributed by atoms with E-state index in [0.29, 0.717) is 10.6 Å². The summed E-state index contributed by atoms with van der Waals surface area (Å²) >= 11 is 11.5. The van der Waals surface area contributed by atoms with Crippen molar-refractivity contribution in [3.05, 3.63) is 63.0 Å². The quantitative estimate of drug-likeness (QED) is 0.816. The Kier molecular flexibility index (Phi) is 4.08. The predicted octanol–water partition coefficient (Wildman–Crippen LogP) is 3.11. The van der Waals surface area contributed by atoms with Gasteiger partial charge in [0.05, 0.1) is 17.1 Å². The molecule has 98 valence electrons. The molecule has 2 aromatic rings. The fraction of sp³-hybridized carbons (Fsp3) is 0.143. The Morgan fingerprint density at radius 2 is 2.00 bits per heavy atom. The van der Waals surface area contributed by atoms with Gasteiger partial charge in [-0.25, -0.2) is 0 Å². The van der Waals surface area contributed by atoms with E-state index in [-0.39, 0.29) is 11.8 Å². The number of aryl methyl sites for hydroxylation is 1. The SMILES string of the molecule is Cc1cc(=O)c(CC(=O)Cl)cn1-c1ccccc1Cl. The Labute approximate surface area is 120 Å². The van der Waals surface area contributed by atoms with E-state index in [9.17, 15) is 9.59 Å². The van der Waals surface area contributed by atoms with E-state index in [0.717, 1.165) is 11.4 Å². The molecule has 0 unspecified atom stereocenters. The van der Waals surface area contributed by atoms with Crippen LogP contribution in [-0.4, -0.2) is 9.81 Å². The largest absolute Gasteiger partial charge is 0.319 e. The maximum atomic E-state index is 11.8. The molecule has 5 heteroatoms. The number of nitrogens with zero attached hydrogens (tertiary/aromatic N) is 1. The first-order valence-corrected chi connectivity index (χ1v) is 6.40. The molecular weight excluding hydrogens is 285 g/mol. The molecule has 0 atom stereocenters. The van der Waals surface area contributed by atoms with Crippen LogP contribution in [0.5, 0.6) is 0 Å². The van der Waals surface area contributed by atoms with Crippen molar-refractivity contribution in [3.63, 3.8) is 0 Å². The molecule has 0 aliphatic rings. The summed E-state index contributed by atoms with van der Waals surface area (Å²) in [5.74, 6) is 0. The molecule has 0 N–H and O–H groups in total. The number of pyridine rings is 1. The van der Waals surface area contributed by atoms with Crippen LogP contribution in [0.3, 0.4) is 0 Å². The van der Waals surface area contributed by atoms with Gasteiger partial charge in [-0.15, -0.1) is 0 Å². The first-order chi connectivity index (χ1) is 8.99. The number of hydrogen-bond donors (Lipinski definition) is 0. The molecule has 0 bridgehead atoms. The minimum atomic E-state index is -0.563. The highest BCUT2D eigenvalue weighted by molar-refractivity contribution is 6.63. The molecule has 1 aromatic carbocycles. The Morgan fingerprint density at radius 3 is 2.63 bits per heavy atom. The summed E-state index contributed by atoms with van der Waals surface area (Å²) in [5.41, 5.74) is 1.65. The van der Waals surface area contributed by atoms with E-state index in [1.807, 2.05) is 18.2 Å². The average molecular weight is 296 g/mol. The first kappa shape index (κ1) is 13.8. The number of para-hydroxylation sites is 1. The number of benzene rings is 1. The van der Waals surface area contributed by atoms with Gasteiger partial charge < -0.3 is 4.57 Å². The maximum absolute atomic E-state index is 11.8. The van der Waals surface area contributed by atoms with Crippen LogP contribution in [0.15, 0.2) is 41.3 Å². The molecule has 0 spiro atoms. The molecule has 0 aliphatic carbocycles. The summed E-state index contributed by atoms with van der Waals surface area (Å²) in [4.78, 5) is 22.7. The Hall–Kier alpha value is -1.58. The van der Waals surface area contributed by atoms with Gasteiger partial charge in [0.15, 0.2) is 5.43 Å². The molecule has 3 nitrogen and oxygen atoms in total. The zero-order valence-electron chi connectivity index (χ0n) is 10.2. The molecule has 2 rings (SSSR count). The second kappa shape index (κ2) is 5.59. The third-order valence-corrected chi connectivity index (χ3v) is 3.22. The van der Waals surface area contributed by atoms with E-state index < -0.39 is 5.24 Å². The van der Waals surface area contributed by atoms with Crippen molar-refractivity contribution in [2.24, 2.45) is 0 Å². The van der Waals surface area contributed by atoms with Gasteiger partial charge in [0.2, 0.25) is 5.24 Å². The monoisotopic (exact) mass is 295 g/mol. The van der Waals surface area contributed by atoms with E-state index in [1.165, 1.54) is 6.07 Å². The second-order valence-electron chi connectivity index (χ2n) is 4.16. The van der Waals surface area contributed by atoms with Crippen molar-refractivity contribution in [3.8, 4) is 5.69 Å². The van der Waals surface area contributed by atoms with Crippen LogP contribution in [-0.2, 0) is 11.2 Å². The zero-order valence-corrected chi connectivity index (χ0v) is 11.7. The van der Waals surface area contributed by atoms with Crippen molar-refractivity contribution < 1.29 is 4.79 Å². The number of carbonyl (C=O) groups excluding carboxylic acids is 1. The van der Waals surface area contributed by atoms with Crippen molar-refractivity contribution >= 4 is 28.4 Å². The van der Waals surface area contributed by atoms with Gasteiger partial charge >= 0.3 is 0 Å². The van der Waals surface area contributed by atoms with Crippen LogP contribution in [0.1, 0.15) is 11.3 Å². The van der Waals surface area contributed by atoms with E-state index >= 15 is 0 Å². The molecule has 19 heavy (non-hydrogen) atoms. The summed E-state index contributed by atoms with van der Waals surface area (Å²) in [6.45, 7) is 1.80. The molecule has 0 amide bonds. The van der Waals surface area contributed by atoms with Crippen molar-refractivity contribution in [1.82, 2.24) is 4.57 Å². The molecule has 0 aliphatic heterocycles. The van der Waals surface area contributed by atoms with Gasteiger partial charge in [0.25, 0.3) is 0 Å². The summed E-state index contributed by atoms with van der Waals surface area (Å²) < 4.78 is 1.78. The minimum Gasteiger partial charge on any atom is -0.319 e. The van der Waals surface area contributed by atoms with Crippen molar-refractivity contribution in [1.29, 1.82) is 0 Å². The standard InChI is InChI=1S/C14H11Cl2NO2/c1-9-6-13(18)10(7-14(16)19)8-17(9)12-5-3-2-4-11(12)15/h2-6,8H,7H2,1H3. The average Bonchev–Trinajstić information content (AvgIpc) is 2.33. The van der Waals surface area contributed by atoms with Gasteiger partial charge in [-0.3, -0.25) is 9.59 Å². The molecule has 0 radical (unpaired) electrons. The maximum Gasteiger partial charge on any atom is 0.226 e. The van der Waals surface area contributed by atoms with E-state index in [4.69, 9.17) is 23.2 Å². The molecule has 0 saturated heterocycles. The Morgan fingerprint density at radius 1 is 1.32 bits per heavy atom. The van der Waals surface area contributed by atoms with Crippen LogP contribution in [0.2, 0.25) is 5.02 Å². The number of carbonyl (C=O) groups is 1. The fourth-order valence-corrected chi connectivity index (χ4v) is 2.23.